The number of aliphatic hydroxyl groups is 2. The fourth-order valence-corrected chi connectivity index (χ4v) is 10.7. The Hall–Kier alpha value is -1.66. The first-order valence-electron chi connectivity index (χ1n) is 34.1. The topological polar surface area (TPSA) is 95.9 Å². The van der Waals surface area contributed by atoms with E-state index in [0.717, 1.165) is 44.9 Å². The van der Waals surface area contributed by atoms with E-state index in [1.165, 1.54) is 302 Å². The second-order valence-electron chi connectivity index (χ2n) is 23.5. The standard InChI is InChI=1S/C69H133NO5/c1-3-5-7-9-11-13-15-16-17-18-19-29-32-35-38-42-45-49-53-57-61-67(72)66(65-71)70-68(73)62-58-54-50-46-43-39-36-33-30-27-25-23-21-20-22-24-26-28-31-34-37-40-44-48-52-56-60-64-75-69(74)63-59-55-51-47-41-14-12-10-8-6-4-2/h10,12,20-21,66-67,71-72H,3-9,11,13-19,22-65H2,1-2H3,(H,70,73)/b12-10-,21-20-. The highest BCUT2D eigenvalue weighted by Crippen LogP contribution is 2.18. The van der Waals surface area contributed by atoms with E-state index in [-0.39, 0.29) is 18.5 Å². The maximum Gasteiger partial charge on any atom is 0.305 e. The number of amides is 1. The van der Waals surface area contributed by atoms with Crippen molar-refractivity contribution >= 4 is 11.9 Å². The largest absolute Gasteiger partial charge is 0.466 e. The highest BCUT2D eigenvalue weighted by atomic mass is 16.5. The number of hydrogen-bond donors (Lipinski definition) is 3. The fraction of sp³-hybridized carbons (Fsp3) is 0.913. The van der Waals surface area contributed by atoms with E-state index in [4.69, 9.17) is 4.74 Å². The van der Waals surface area contributed by atoms with Crippen molar-refractivity contribution in [1.29, 1.82) is 0 Å². The molecule has 6 nitrogen and oxygen atoms in total. The summed E-state index contributed by atoms with van der Waals surface area (Å²) >= 11 is 0. The normalized spacial score (nSPS) is 12.6. The van der Waals surface area contributed by atoms with Gasteiger partial charge >= 0.3 is 5.97 Å². The molecule has 1 amide bonds. The first kappa shape index (κ1) is 73.3. The van der Waals surface area contributed by atoms with Crippen molar-refractivity contribution in [3.63, 3.8) is 0 Å². The van der Waals surface area contributed by atoms with E-state index in [1.54, 1.807) is 0 Å². The van der Waals surface area contributed by atoms with Gasteiger partial charge in [0.15, 0.2) is 0 Å². The van der Waals surface area contributed by atoms with E-state index in [9.17, 15) is 19.8 Å². The molecule has 0 aromatic carbocycles. The lowest BCUT2D eigenvalue weighted by Crippen LogP contribution is -2.45. The quantitative estimate of drug-likeness (QED) is 0.0320. The van der Waals surface area contributed by atoms with E-state index in [1.807, 2.05) is 0 Å². The Morgan fingerprint density at radius 3 is 0.987 bits per heavy atom. The number of aliphatic hydroxyl groups excluding tert-OH is 2. The van der Waals surface area contributed by atoms with Crippen molar-refractivity contribution in [3.8, 4) is 0 Å². The van der Waals surface area contributed by atoms with Crippen LogP contribution in [0.4, 0.5) is 0 Å². The van der Waals surface area contributed by atoms with Crippen LogP contribution in [-0.2, 0) is 14.3 Å². The van der Waals surface area contributed by atoms with E-state index >= 15 is 0 Å². The van der Waals surface area contributed by atoms with Crippen LogP contribution in [0.3, 0.4) is 0 Å². The van der Waals surface area contributed by atoms with Crippen LogP contribution < -0.4 is 5.32 Å². The minimum absolute atomic E-state index is 0.00452. The summed E-state index contributed by atoms with van der Waals surface area (Å²) in [6, 6.07) is -0.543. The molecule has 444 valence electrons. The molecule has 0 aliphatic carbocycles. The molecular formula is C69H133NO5. The van der Waals surface area contributed by atoms with Crippen LogP contribution in [0, 0.1) is 0 Å². The van der Waals surface area contributed by atoms with Gasteiger partial charge in [-0.1, -0.05) is 321 Å². The third-order valence-corrected chi connectivity index (χ3v) is 16.0. The molecular weight excluding hydrogens is 923 g/mol. The predicted molar refractivity (Wildman–Crippen MR) is 329 cm³/mol. The van der Waals surface area contributed by atoms with Gasteiger partial charge in [-0.3, -0.25) is 9.59 Å². The van der Waals surface area contributed by atoms with E-state index < -0.39 is 12.1 Å². The SMILES string of the molecule is CCCC/C=C\CCCCCCCC(=O)OCCCCCCCCCCCCCC/C=C\CCCCCCCCCCCCCC(=O)NC(CO)C(O)CCCCCCCCCCCCCCCCCCCCCC. The summed E-state index contributed by atoms with van der Waals surface area (Å²) in [5, 5.41) is 23.4. The van der Waals surface area contributed by atoms with E-state index in [2.05, 4.69) is 43.5 Å². The van der Waals surface area contributed by atoms with Crippen molar-refractivity contribution in [2.75, 3.05) is 13.2 Å². The van der Waals surface area contributed by atoms with Crippen LogP contribution in [-0.4, -0.2) is 47.4 Å². The van der Waals surface area contributed by atoms with Crippen LogP contribution in [0.2, 0.25) is 0 Å². The number of unbranched alkanes of at least 4 members (excludes halogenated alkanes) is 49. The lowest BCUT2D eigenvalue weighted by Gasteiger charge is -2.22. The summed E-state index contributed by atoms with van der Waals surface area (Å²) in [6.07, 6.45) is 80.7. The first-order valence-corrected chi connectivity index (χ1v) is 34.1. The number of nitrogens with one attached hydrogen (secondary N) is 1. The first-order chi connectivity index (χ1) is 37.0. The fourth-order valence-electron chi connectivity index (χ4n) is 10.7. The van der Waals surface area contributed by atoms with Crippen molar-refractivity contribution in [3.05, 3.63) is 24.3 Å². The van der Waals surface area contributed by atoms with Gasteiger partial charge in [0.25, 0.3) is 0 Å². The minimum atomic E-state index is -0.665. The molecule has 2 atom stereocenters. The van der Waals surface area contributed by atoms with Gasteiger partial charge in [0, 0.05) is 12.8 Å². The molecule has 0 aromatic rings. The van der Waals surface area contributed by atoms with Gasteiger partial charge in [0.05, 0.1) is 25.4 Å². The summed E-state index contributed by atoms with van der Waals surface area (Å²) in [7, 11) is 0. The predicted octanol–water partition coefficient (Wildman–Crippen LogP) is 21.8. The average molecular weight is 1060 g/mol. The van der Waals surface area contributed by atoms with Gasteiger partial charge < -0.3 is 20.3 Å². The third-order valence-electron chi connectivity index (χ3n) is 16.0. The van der Waals surface area contributed by atoms with Gasteiger partial charge in [0.1, 0.15) is 0 Å². The molecule has 0 aliphatic rings. The molecule has 0 saturated heterocycles. The molecule has 0 fully saturated rings. The second kappa shape index (κ2) is 64.9. The Labute approximate surface area is 469 Å². The molecule has 75 heavy (non-hydrogen) atoms. The Morgan fingerprint density at radius 2 is 0.640 bits per heavy atom. The monoisotopic (exact) mass is 1060 g/mol. The Balaban J connectivity index is 3.39. The van der Waals surface area contributed by atoms with Crippen molar-refractivity contribution in [2.45, 2.75) is 392 Å². The number of esters is 1. The van der Waals surface area contributed by atoms with Crippen LogP contribution in [0.25, 0.3) is 0 Å². The zero-order chi connectivity index (χ0) is 54.3. The molecule has 0 rings (SSSR count). The number of carbonyl (C=O) groups is 2. The molecule has 6 heteroatoms. The summed E-state index contributed by atoms with van der Waals surface area (Å²) in [5.41, 5.74) is 0. The van der Waals surface area contributed by atoms with Crippen molar-refractivity contribution in [2.24, 2.45) is 0 Å². The number of hydrogen-bond acceptors (Lipinski definition) is 5. The van der Waals surface area contributed by atoms with Crippen LogP contribution in [0.5, 0.6) is 0 Å². The molecule has 0 saturated carbocycles. The number of rotatable bonds is 64. The van der Waals surface area contributed by atoms with Crippen LogP contribution >= 0.6 is 0 Å². The Morgan fingerprint density at radius 1 is 0.360 bits per heavy atom. The molecule has 0 aliphatic heterocycles. The molecule has 0 radical (unpaired) electrons. The smallest absolute Gasteiger partial charge is 0.305 e. The lowest BCUT2D eigenvalue weighted by molar-refractivity contribution is -0.143. The highest BCUT2D eigenvalue weighted by molar-refractivity contribution is 5.76. The molecule has 3 N–H and O–H groups in total. The minimum Gasteiger partial charge on any atom is -0.466 e. The third kappa shape index (κ3) is 61.4. The highest BCUT2D eigenvalue weighted by Gasteiger charge is 2.20. The molecule has 0 bridgehead atoms. The Kier molecular flexibility index (Phi) is 63.4. The maximum atomic E-state index is 12.5. The summed E-state index contributed by atoms with van der Waals surface area (Å²) < 4.78 is 5.46. The number of carbonyl (C=O) groups excluding carboxylic acids is 2. The average Bonchev–Trinajstić information content (AvgIpc) is 3.41. The number of ether oxygens (including phenoxy) is 1. The van der Waals surface area contributed by atoms with Crippen LogP contribution in [0.1, 0.15) is 380 Å². The second-order valence-corrected chi connectivity index (χ2v) is 23.5. The molecule has 0 heterocycles. The number of allylic oxidation sites excluding steroid dienone is 4. The van der Waals surface area contributed by atoms with Crippen molar-refractivity contribution in [1.82, 2.24) is 5.32 Å². The molecule has 2 unspecified atom stereocenters. The zero-order valence-corrected chi connectivity index (χ0v) is 50.8. The van der Waals surface area contributed by atoms with Crippen LogP contribution in [0.15, 0.2) is 24.3 Å². The Bertz CT molecular complexity index is 1170. The zero-order valence-electron chi connectivity index (χ0n) is 50.8. The molecule has 0 aromatic heterocycles. The van der Waals surface area contributed by atoms with E-state index in [0.29, 0.717) is 25.9 Å². The van der Waals surface area contributed by atoms with Gasteiger partial charge in [-0.05, 0) is 70.6 Å². The van der Waals surface area contributed by atoms with Gasteiger partial charge in [-0.25, -0.2) is 0 Å². The summed E-state index contributed by atoms with van der Waals surface area (Å²) in [5.74, 6) is -0.0273. The van der Waals surface area contributed by atoms with Gasteiger partial charge in [-0.15, -0.1) is 0 Å². The summed E-state index contributed by atoms with van der Waals surface area (Å²) in [4.78, 5) is 24.5. The van der Waals surface area contributed by atoms with Gasteiger partial charge in [-0.2, -0.15) is 0 Å². The maximum absolute atomic E-state index is 12.5. The van der Waals surface area contributed by atoms with Crippen molar-refractivity contribution < 1.29 is 24.5 Å². The summed E-state index contributed by atoms with van der Waals surface area (Å²) in [6.45, 7) is 4.95. The molecule has 0 spiro atoms. The lowest BCUT2D eigenvalue weighted by atomic mass is 10.0. The van der Waals surface area contributed by atoms with Gasteiger partial charge in [0.2, 0.25) is 5.91 Å².